The second-order valence-electron chi connectivity index (χ2n) is 4.84. The van der Waals surface area contributed by atoms with Crippen LogP contribution < -0.4 is 0 Å². The summed E-state index contributed by atoms with van der Waals surface area (Å²) in [7, 11) is 1.73. The fraction of sp³-hybridized carbons (Fsp3) is 1.00. The summed E-state index contributed by atoms with van der Waals surface area (Å²) in [6, 6.07) is 0. The maximum absolute atomic E-state index is 9.66. The predicted octanol–water partition coefficient (Wildman–Crippen LogP) is 2.35. The van der Waals surface area contributed by atoms with Crippen molar-refractivity contribution in [2.45, 2.75) is 57.7 Å². The van der Waals surface area contributed by atoms with Crippen molar-refractivity contribution in [2.75, 3.05) is 7.11 Å². The van der Waals surface area contributed by atoms with E-state index in [2.05, 4.69) is 13.8 Å². The van der Waals surface area contributed by atoms with Gasteiger partial charge in [-0.2, -0.15) is 0 Å². The first-order valence-corrected chi connectivity index (χ1v) is 5.27. The molecule has 1 saturated carbocycles. The monoisotopic (exact) mass is 186 g/mol. The van der Waals surface area contributed by atoms with Gasteiger partial charge in [0.25, 0.3) is 0 Å². The number of aliphatic hydroxyl groups is 1. The smallest absolute Gasteiger partial charge is 0.0623 e. The predicted molar refractivity (Wildman–Crippen MR) is 53.7 cm³/mol. The standard InChI is InChI=1S/C11H22O2/c1-11(2,13-3)7-6-10(12)8-9-4-5-9/h9-10,12H,4-8H2,1-3H3. The fourth-order valence-corrected chi connectivity index (χ4v) is 1.47. The molecule has 78 valence electrons. The van der Waals surface area contributed by atoms with Crippen molar-refractivity contribution >= 4 is 0 Å². The van der Waals surface area contributed by atoms with E-state index in [0.717, 1.165) is 25.2 Å². The van der Waals surface area contributed by atoms with Crippen LogP contribution in [0.2, 0.25) is 0 Å². The highest BCUT2D eigenvalue weighted by molar-refractivity contribution is 4.78. The Bertz CT molecular complexity index is 150. The Morgan fingerprint density at radius 2 is 2.08 bits per heavy atom. The van der Waals surface area contributed by atoms with Crippen LogP contribution in [0.5, 0.6) is 0 Å². The number of methoxy groups -OCH3 is 1. The molecule has 1 rings (SSSR count). The maximum atomic E-state index is 9.66. The lowest BCUT2D eigenvalue weighted by Crippen LogP contribution is -2.24. The van der Waals surface area contributed by atoms with E-state index < -0.39 is 0 Å². The molecule has 0 aromatic carbocycles. The number of hydrogen-bond donors (Lipinski definition) is 1. The zero-order valence-corrected chi connectivity index (χ0v) is 9.05. The Labute approximate surface area is 81.3 Å². The maximum Gasteiger partial charge on any atom is 0.0623 e. The third kappa shape index (κ3) is 4.63. The van der Waals surface area contributed by atoms with Crippen molar-refractivity contribution in [1.29, 1.82) is 0 Å². The van der Waals surface area contributed by atoms with Crippen molar-refractivity contribution in [3.05, 3.63) is 0 Å². The van der Waals surface area contributed by atoms with E-state index >= 15 is 0 Å². The summed E-state index contributed by atoms with van der Waals surface area (Å²) < 4.78 is 5.30. The van der Waals surface area contributed by atoms with E-state index in [1.54, 1.807) is 7.11 Å². The third-order valence-electron chi connectivity index (χ3n) is 2.93. The zero-order chi connectivity index (χ0) is 9.90. The van der Waals surface area contributed by atoms with Crippen LogP contribution in [0.1, 0.15) is 46.0 Å². The number of hydrogen-bond acceptors (Lipinski definition) is 2. The molecular formula is C11H22O2. The highest BCUT2D eigenvalue weighted by Crippen LogP contribution is 2.34. The van der Waals surface area contributed by atoms with E-state index in [9.17, 15) is 5.11 Å². The van der Waals surface area contributed by atoms with Crippen LogP contribution in [0.15, 0.2) is 0 Å². The normalized spacial score (nSPS) is 20.3. The van der Waals surface area contributed by atoms with Gasteiger partial charge in [-0.05, 0) is 39.0 Å². The van der Waals surface area contributed by atoms with Gasteiger partial charge in [0.2, 0.25) is 0 Å². The molecule has 1 aliphatic carbocycles. The van der Waals surface area contributed by atoms with Crippen molar-refractivity contribution in [3.63, 3.8) is 0 Å². The summed E-state index contributed by atoms with van der Waals surface area (Å²) in [5.74, 6) is 0.820. The molecule has 2 nitrogen and oxygen atoms in total. The molecule has 1 atom stereocenters. The van der Waals surface area contributed by atoms with Crippen molar-refractivity contribution in [2.24, 2.45) is 5.92 Å². The van der Waals surface area contributed by atoms with Gasteiger partial charge in [-0.1, -0.05) is 12.8 Å². The molecule has 13 heavy (non-hydrogen) atoms. The quantitative estimate of drug-likeness (QED) is 0.690. The highest BCUT2D eigenvalue weighted by atomic mass is 16.5. The molecular weight excluding hydrogens is 164 g/mol. The molecule has 1 unspecified atom stereocenters. The van der Waals surface area contributed by atoms with Crippen LogP contribution in [0.3, 0.4) is 0 Å². The minimum atomic E-state index is -0.109. The molecule has 0 bridgehead atoms. The van der Waals surface area contributed by atoms with Gasteiger partial charge in [0, 0.05) is 7.11 Å². The molecule has 1 aliphatic rings. The van der Waals surface area contributed by atoms with Gasteiger partial charge in [0.1, 0.15) is 0 Å². The Hall–Kier alpha value is -0.0800. The average molecular weight is 186 g/mol. The van der Waals surface area contributed by atoms with E-state index in [4.69, 9.17) is 4.74 Å². The van der Waals surface area contributed by atoms with Gasteiger partial charge in [0.05, 0.1) is 11.7 Å². The van der Waals surface area contributed by atoms with Crippen LogP contribution in [0.25, 0.3) is 0 Å². The zero-order valence-electron chi connectivity index (χ0n) is 9.05. The molecule has 1 fully saturated rings. The molecule has 0 aliphatic heterocycles. The van der Waals surface area contributed by atoms with Gasteiger partial charge in [-0.3, -0.25) is 0 Å². The molecule has 0 radical (unpaired) electrons. The Morgan fingerprint density at radius 3 is 2.54 bits per heavy atom. The summed E-state index contributed by atoms with van der Waals surface area (Å²) in [4.78, 5) is 0. The van der Waals surface area contributed by atoms with E-state index in [-0.39, 0.29) is 11.7 Å². The highest BCUT2D eigenvalue weighted by Gasteiger charge is 2.25. The van der Waals surface area contributed by atoms with Crippen molar-refractivity contribution in [3.8, 4) is 0 Å². The molecule has 2 heteroatoms. The van der Waals surface area contributed by atoms with Crippen molar-refractivity contribution in [1.82, 2.24) is 0 Å². The van der Waals surface area contributed by atoms with Gasteiger partial charge in [0.15, 0.2) is 0 Å². The summed E-state index contributed by atoms with van der Waals surface area (Å²) in [5, 5.41) is 9.66. The van der Waals surface area contributed by atoms with E-state index in [1.165, 1.54) is 12.8 Å². The second-order valence-corrected chi connectivity index (χ2v) is 4.84. The first-order chi connectivity index (χ1) is 6.03. The molecule has 0 aromatic rings. The fourth-order valence-electron chi connectivity index (χ4n) is 1.47. The van der Waals surface area contributed by atoms with Gasteiger partial charge < -0.3 is 9.84 Å². The average Bonchev–Trinajstić information content (AvgIpc) is 2.85. The van der Waals surface area contributed by atoms with Gasteiger partial charge in [-0.25, -0.2) is 0 Å². The lowest BCUT2D eigenvalue weighted by molar-refractivity contribution is 0.00175. The van der Waals surface area contributed by atoms with E-state index in [0.29, 0.717) is 0 Å². The van der Waals surface area contributed by atoms with Crippen molar-refractivity contribution < 1.29 is 9.84 Å². The third-order valence-corrected chi connectivity index (χ3v) is 2.93. The van der Waals surface area contributed by atoms with Crippen LogP contribution in [-0.2, 0) is 4.74 Å². The van der Waals surface area contributed by atoms with Gasteiger partial charge in [-0.15, -0.1) is 0 Å². The van der Waals surface area contributed by atoms with Gasteiger partial charge >= 0.3 is 0 Å². The Balaban J connectivity index is 2.09. The Kier molecular flexibility index (Phi) is 3.74. The van der Waals surface area contributed by atoms with E-state index in [1.807, 2.05) is 0 Å². The summed E-state index contributed by atoms with van der Waals surface area (Å²) in [6.45, 7) is 4.13. The molecule has 0 spiro atoms. The first-order valence-electron chi connectivity index (χ1n) is 5.27. The molecule has 0 amide bonds. The number of rotatable bonds is 6. The van der Waals surface area contributed by atoms with Crippen LogP contribution in [-0.4, -0.2) is 23.9 Å². The van der Waals surface area contributed by atoms with Crippen LogP contribution >= 0.6 is 0 Å². The van der Waals surface area contributed by atoms with Crippen LogP contribution in [0, 0.1) is 5.92 Å². The molecule has 1 N–H and O–H groups in total. The minimum Gasteiger partial charge on any atom is -0.393 e. The Morgan fingerprint density at radius 1 is 1.46 bits per heavy atom. The summed E-state index contributed by atoms with van der Waals surface area (Å²) >= 11 is 0. The largest absolute Gasteiger partial charge is 0.393 e. The number of aliphatic hydroxyl groups excluding tert-OH is 1. The minimum absolute atomic E-state index is 0.0788. The summed E-state index contributed by atoms with van der Waals surface area (Å²) in [5.41, 5.74) is -0.0788. The molecule has 0 saturated heterocycles. The topological polar surface area (TPSA) is 29.5 Å². The SMILES string of the molecule is COC(C)(C)CCC(O)CC1CC1. The number of ether oxygens (including phenoxy) is 1. The summed E-state index contributed by atoms with van der Waals surface area (Å²) in [6.07, 6.45) is 5.35. The lowest BCUT2D eigenvalue weighted by atomic mass is 9.98. The van der Waals surface area contributed by atoms with Crippen LogP contribution in [0.4, 0.5) is 0 Å². The molecule has 0 aromatic heterocycles. The first kappa shape index (κ1) is 11.0. The molecule has 0 heterocycles. The second kappa shape index (κ2) is 4.43. The lowest BCUT2D eigenvalue weighted by Gasteiger charge is -2.24.